The van der Waals surface area contributed by atoms with Crippen molar-refractivity contribution in [1.82, 2.24) is 4.90 Å². The van der Waals surface area contributed by atoms with Gasteiger partial charge in [-0.3, -0.25) is 0 Å². The van der Waals surface area contributed by atoms with E-state index in [1.54, 1.807) is 0 Å². The Morgan fingerprint density at radius 2 is 1.82 bits per heavy atom. The third-order valence-corrected chi connectivity index (χ3v) is 2.13. The van der Waals surface area contributed by atoms with Gasteiger partial charge in [-0.2, -0.15) is 0 Å². The summed E-state index contributed by atoms with van der Waals surface area (Å²) in [6.07, 6.45) is 3.23. The van der Waals surface area contributed by atoms with E-state index in [9.17, 15) is 0 Å². The molecule has 1 fully saturated rings. The molecule has 0 aliphatic carbocycles. The third kappa shape index (κ3) is 3.18. The van der Waals surface area contributed by atoms with Crippen molar-refractivity contribution < 1.29 is 10.2 Å². The quantitative estimate of drug-likeness (QED) is 0.600. The Bertz CT molecular complexity index is 102. The van der Waals surface area contributed by atoms with Crippen molar-refractivity contribution in [3.63, 3.8) is 0 Å². The van der Waals surface area contributed by atoms with E-state index in [4.69, 9.17) is 10.2 Å². The first kappa shape index (κ1) is 8.97. The lowest BCUT2D eigenvalue weighted by Gasteiger charge is -2.27. The predicted molar refractivity (Wildman–Crippen MR) is 43.4 cm³/mol. The number of rotatable bonds is 3. The van der Waals surface area contributed by atoms with Crippen molar-refractivity contribution >= 4 is 0 Å². The molecule has 0 unspecified atom stereocenters. The monoisotopic (exact) mass is 159 g/mol. The molecule has 0 aromatic carbocycles. The highest BCUT2D eigenvalue weighted by atomic mass is 16.3. The topological polar surface area (TPSA) is 43.7 Å². The van der Waals surface area contributed by atoms with E-state index in [1.165, 1.54) is 19.3 Å². The molecule has 1 aliphatic heterocycles. The van der Waals surface area contributed by atoms with Crippen LogP contribution >= 0.6 is 0 Å². The summed E-state index contributed by atoms with van der Waals surface area (Å²) in [6.45, 7) is 2.68. The largest absolute Gasteiger partial charge is 0.394 e. The smallest absolute Gasteiger partial charge is 0.0897 e. The molecule has 66 valence electrons. The molecule has 0 amide bonds. The van der Waals surface area contributed by atoms with Crippen LogP contribution in [0.2, 0.25) is 0 Å². The molecule has 0 aromatic heterocycles. The number of hydrogen-bond acceptors (Lipinski definition) is 3. The van der Waals surface area contributed by atoms with E-state index in [0.717, 1.165) is 13.1 Å². The van der Waals surface area contributed by atoms with Gasteiger partial charge in [0, 0.05) is 6.54 Å². The summed E-state index contributed by atoms with van der Waals surface area (Å²) in [7, 11) is 0. The second-order valence-electron chi connectivity index (χ2n) is 3.20. The van der Waals surface area contributed by atoms with Crippen LogP contribution in [0.4, 0.5) is 0 Å². The molecule has 1 rings (SSSR count). The molecule has 1 heterocycles. The number of β-amino-alcohol motifs (C(OH)–C–C–N with tert-alkyl or cyclic N) is 1. The van der Waals surface area contributed by atoms with E-state index >= 15 is 0 Å². The first-order valence-corrected chi connectivity index (χ1v) is 4.34. The van der Waals surface area contributed by atoms with Gasteiger partial charge in [0.25, 0.3) is 0 Å². The molecule has 0 spiro atoms. The SMILES string of the molecule is OC[C@H](O)CN1CCCCC1. The lowest BCUT2D eigenvalue weighted by Crippen LogP contribution is -2.37. The average molecular weight is 159 g/mol. The summed E-state index contributed by atoms with van der Waals surface area (Å²) in [5, 5.41) is 17.7. The van der Waals surface area contributed by atoms with Crippen LogP contribution in [-0.4, -0.2) is 47.5 Å². The summed E-state index contributed by atoms with van der Waals surface area (Å²) in [5.41, 5.74) is 0. The number of nitrogens with zero attached hydrogens (tertiary/aromatic N) is 1. The Morgan fingerprint density at radius 1 is 1.18 bits per heavy atom. The van der Waals surface area contributed by atoms with Gasteiger partial charge < -0.3 is 15.1 Å². The van der Waals surface area contributed by atoms with E-state index in [1.807, 2.05) is 0 Å². The molecular formula is C8H17NO2. The van der Waals surface area contributed by atoms with Crippen LogP contribution in [0.5, 0.6) is 0 Å². The van der Waals surface area contributed by atoms with Crippen LogP contribution in [0.3, 0.4) is 0 Å². The second kappa shape index (κ2) is 4.70. The molecule has 1 atom stereocenters. The third-order valence-electron chi connectivity index (χ3n) is 2.13. The normalized spacial score (nSPS) is 23.5. The fourth-order valence-electron chi connectivity index (χ4n) is 1.50. The first-order chi connectivity index (χ1) is 5.33. The van der Waals surface area contributed by atoms with Gasteiger partial charge in [-0.25, -0.2) is 0 Å². The summed E-state index contributed by atoms with van der Waals surface area (Å²) in [6, 6.07) is 0. The van der Waals surface area contributed by atoms with Crippen LogP contribution in [0, 0.1) is 0 Å². The van der Waals surface area contributed by atoms with Crippen LogP contribution in [0.1, 0.15) is 19.3 Å². The summed E-state index contributed by atoms with van der Waals surface area (Å²) < 4.78 is 0. The summed E-state index contributed by atoms with van der Waals surface area (Å²) in [4.78, 5) is 2.21. The van der Waals surface area contributed by atoms with Crippen LogP contribution < -0.4 is 0 Å². The number of aliphatic hydroxyl groups excluding tert-OH is 2. The molecule has 0 aromatic rings. The second-order valence-corrected chi connectivity index (χ2v) is 3.20. The van der Waals surface area contributed by atoms with Gasteiger partial charge in [-0.1, -0.05) is 6.42 Å². The molecule has 3 nitrogen and oxygen atoms in total. The Morgan fingerprint density at radius 3 is 2.36 bits per heavy atom. The highest BCUT2D eigenvalue weighted by molar-refractivity contribution is 4.67. The van der Waals surface area contributed by atoms with Crippen molar-refractivity contribution in [2.24, 2.45) is 0 Å². The zero-order chi connectivity index (χ0) is 8.10. The number of piperidine rings is 1. The van der Waals surface area contributed by atoms with Crippen molar-refractivity contribution in [3.8, 4) is 0 Å². The van der Waals surface area contributed by atoms with Crippen LogP contribution in [0.15, 0.2) is 0 Å². The highest BCUT2D eigenvalue weighted by Gasteiger charge is 2.13. The molecule has 3 heteroatoms. The lowest BCUT2D eigenvalue weighted by atomic mass is 10.1. The highest BCUT2D eigenvalue weighted by Crippen LogP contribution is 2.08. The molecular weight excluding hydrogens is 142 g/mol. The van der Waals surface area contributed by atoms with E-state index in [0.29, 0.717) is 6.54 Å². The summed E-state index contributed by atoms with van der Waals surface area (Å²) >= 11 is 0. The van der Waals surface area contributed by atoms with Crippen molar-refractivity contribution in [1.29, 1.82) is 0 Å². The predicted octanol–water partition coefficient (Wildman–Crippen LogP) is -0.175. The fraction of sp³-hybridized carbons (Fsp3) is 1.00. The Hall–Kier alpha value is -0.120. The number of aliphatic hydroxyl groups is 2. The standard InChI is InChI=1S/C8H17NO2/c10-7-8(11)6-9-4-2-1-3-5-9/h8,10-11H,1-7H2/t8-/m1/s1. The molecule has 1 saturated heterocycles. The maximum atomic E-state index is 9.12. The molecule has 2 N–H and O–H groups in total. The summed E-state index contributed by atoms with van der Waals surface area (Å²) in [5.74, 6) is 0. The van der Waals surface area contributed by atoms with Crippen molar-refractivity contribution in [2.45, 2.75) is 25.4 Å². The molecule has 0 radical (unpaired) electrons. The fourth-order valence-corrected chi connectivity index (χ4v) is 1.50. The molecule has 11 heavy (non-hydrogen) atoms. The average Bonchev–Trinajstić information content (AvgIpc) is 2.06. The molecule has 0 saturated carbocycles. The van der Waals surface area contributed by atoms with E-state index in [2.05, 4.69) is 4.90 Å². The van der Waals surface area contributed by atoms with Crippen LogP contribution in [-0.2, 0) is 0 Å². The zero-order valence-corrected chi connectivity index (χ0v) is 6.87. The van der Waals surface area contributed by atoms with Crippen molar-refractivity contribution in [3.05, 3.63) is 0 Å². The van der Waals surface area contributed by atoms with Crippen LogP contribution in [0.25, 0.3) is 0 Å². The number of likely N-dealkylation sites (tertiary alicyclic amines) is 1. The van der Waals surface area contributed by atoms with Gasteiger partial charge in [0.15, 0.2) is 0 Å². The molecule has 0 bridgehead atoms. The van der Waals surface area contributed by atoms with Gasteiger partial charge in [0.1, 0.15) is 0 Å². The molecule has 1 aliphatic rings. The Balaban J connectivity index is 2.13. The van der Waals surface area contributed by atoms with Gasteiger partial charge in [-0.05, 0) is 25.9 Å². The van der Waals surface area contributed by atoms with E-state index < -0.39 is 6.10 Å². The minimum absolute atomic E-state index is 0.115. The maximum Gasteiger partial charge on any atom is 0.0897 e. The maximum absolute atomic E-state index is 9.12. The van der Waals surface area contributed by atoms with Gasteiger partial charge in [0.2, 0.25) is 0 Å². The van der Waals surface area contributed by atoms with E-state index in [-0.39, 0.29) is 6.61 Å². The van der Waals surface area contributed by atoms with Gasteiger partial charge >= 0.3 is 0 Å². The Labute approximate surface area is 67.6 Å². The van der Waals surface area contributed by atoms with Gasteiger partial charge in [-0.15, -0.1) is 0 Å². The first-order valence-electron chi connectivity index (χ1n) is 4.34. The Kier molecular flexibility index (Phi) is 3.83. The number of hydrogen-bond donors (Lipinski definition) is 2. The minimum Gasteiger partial charge on any atom is -0.394 e. The van der Waals surface area contributed by atoms with Crippen molar-refractivity contribution in [2.75, 3.05) is 26.2 Å². The minimum atomic E-state index is -0.548. The lowest BCUT2D eigenvalue weighted by molar-refractivity contribution is 0.0533. The van der Waals surface area contributed by atoms with Gasteiger partial charge in [0.05, 0.1) is 12.7 Å². The zero-order valence-electron chi connectivity index (χ0n) is 6.87.